The second-order valence-corrected chi connectivity index (χ2v) is 7.16. The summed E-state index contributed by atoms with van der Waals surface area (Å²) in [6, 6.07) is 9.12. The number of guanidine groups is 1. The highest BCUT2D eigenvalue weighted by atomic mass is 127. The summed E-state index contributed by atoms with van der Waals surface area (Å²) in [7, 11) is 0. The van der Waals surface area contributed by atoms with Gasteiger partial charge in [-0.05, 0) is 37.1 Å². The third kappa shape index (κ3) is 6.89. The molecule has 1 unspecified atom stereocenters. The number of hydrogen-bond donors (Lipinski definition) is 2. The summed E-state index contributed by atoms with van der Waals surface area (Å²) in [4.78, 5) is 9.53. The zero-order chi connectivity index (χ0) is 18.2. The van der Waals surface area contributed by atoms with E-state index in [0.717, 1.165) is 45.9 Å². The van der Waals surface area contributed by atoms with Crippen molar-refractivity contribution >= 4 is 29.9 Å². The average molecular weight is 487 g/mol. The van der Waals surface area contributed by atoms with Gasteiger partial charge in [-0.25, -0.2) is 4.99 Å². The fraction of sp³-hybridized carbons (Fsp3) is 0.650. The molecular formula is C20H34IN5O. The predicted octanol–water partition coefficient (Wildman–Crippen LogP) is 2.03. The summed E-state index contributed by atoms with van der Waals surface area (Å²) in [5, 5.41) is 3.32. The highest BCUT2D eigenvalue weighted by Gasteiger charge is 2.22. The molecule has 0 amide bonds. The molecule has 152 valence electrons. The van der Waals surface area contributed by atoms with E-state index in [1.165, 1.54) is 30.5 Å². The number of aliphatic imine (C=N–C) groups is 1. The number of likely N-dealkylation sites (N-methyl/N-ethyl adjacent to an activating group) is 1. The Bertz CT molecular complexity index is 591. The molecule has 0 bridgehead atoms. The second kappa shape index (κ2) is 11.8. The standard InChI is InChI=1S/C20H33N5O.HI/c1-2-25-9-5-8-19(25)15-23-20(21)22-14-17-6-3-4-7-18(17)16-24-10-12-26-13-11-24;/h3-4,6-7,19H,2,5,8-16H2,1H3,(H3,21,22,23);1H. The predicted molar refractivity (Wildman–Crippen MR) is 122 cm³/mol. The molecule has 1 aromatic carbocycles. The number of ether oxygens (including phenoxy) is 1. The van der Waals surface area contributed by atoms with E-state index < -0.39 is 0 Å². The first-order valence-electron chi connectivity index (χ1n) is 9.91. The molecule has 6 nitrogen and oxygen atoms in total. The number of hydrogen-bond acceptors (Lipinski definition) is 4. The van der Waals surface area contributed by atoms with Crippen LogP contribution in [0.1, 0.15) is 30.9 Å². The summed E-state index contributed by atoms with van der Waals surface area (Å²) < 4.78 is 5.44. The monoisotopic (exact) mass is 487 g/mol. The zero-order valence-electron chi connectivity index (χ0n) is 16.4. The number of halogens is 1. The van der Waals surface area contributed by atoms with Gasteiger partial charge in [-0.2, -0.15) is 0 Å². The maximum atomic E-state index is 6.11. The Labute approximate surface area is 180 Å². The molecule has 0 radical (unpaired) electrons. The Hall–Kier alpha value is -0.900. The van der Waals surface area contributed by atoms with Crippen molar-refractivity contribution in [1.82, 2.24) is 15.1 Å². The molecule has 0 saturated carbocycles. The van der Waals surface area contributed by atoms with Gasteiger partial charge in [0.25, 0.3) is 0 Å². The topological polar surface area (TPSA) is 66.1 Å². The van der Waals surface area contributed by atoms with Crippen LogP contribution in [0.15, 0.2) is 29.3 Å². The van der Waals surface area contributed by atoms with Crippen molar-refractivity contribution in [2.75, 3.05) is 45.9 Å². The van der Waals surface area contributed by atoms with Crippen LogP contribution in [-0.2, 0) is 17.8 Å². The van der Waals surface area contributed by atoms with Crippen molar-refractivity contribution in [1.29, 1.82) is 0 Å². The number of benzene rings is 1. The van der Waals surface area contributed by atoms with Gasteiger partial charge in [-0.3, -0.25) is 9.80 Å². The van der Waals surface area contributed by atoms with Crippen LogP contribution in [0.3, 0.4) is 0 Å². The second-order valence-electron chi connectivity index (χ2n) is 7.16. The van der Waals surface area contributed by atoms with Crippen molar-refractivity contribution in [3.8, 4) is 0 Å². The van der Waals surface area contributed by atoms with Crippen molar-refractivity contribution in [3.05, 3.63) is 35.4 Å². The highest BCUT2D eigenvalue weighted by molar-refractivity contribution is 14.0. The molecule has 2 aliphatic heterocycles. The summed E-state index contributed by atoms with van der Waals surface area (Å²) in [6.45, 7) is 10.7. The molecule has 1 aromatic rings. The first kappa shape index (κ1) is 22.4. The molecule has 0 aliphatic carbocycles. The number of nitrogens with one attached hydrogen (secondary N) is 1. The average Bonchev–Trinajstić information content (AvgIpc) is 3.14. The van der Waals surface area contributed by atoms with E-state index in [0.29, 0.717) is 18.5 Å². The smallest absolute Gasteiger partial charge is 0.188 e. The Morgan fingerprint density at radius 2 is 1.96 bits per heavy atom. The lowest BCUT2D eigenvalue weighted by Gasteiger charge is -2.27. The van der Waals surface area contributed by atoms with Crippen molar-refractivity contribution in [2.45, 2.75) is 38.9 Å². The minimum Gasteiger partial charge on any atom is -0.379 e. The molecule has 7 heteroatoms. The van der Waals surface area contributed by atoms with Crippen LogP contribution >= 0.6 is 24.0 Å². The van der Waals surface area contributed by atoms with Crippen molar-refractivity contribution in [2.24, 2.45) is 10.7 Å². The Morgan fingerprint density at radius 3 is 2.70 bits per heavy atom. The number of rotatable bonds is 7. The van der Waals surface area contributed by atoms with Gasteiger partial charge >= 0.3 is 0 Å². The fourth-order valence-corrected chi connectivity index (χ4v) is 3.86. The van der Waals surface area contributed by atoms with E-state index in [2.05, 4.69) is 51.3 Å². The number of nitrogens with zero attached hydrogens (tertiary/aromatic N) is 3. The molecular weight excluding hydrogens is 453 g/mol. The van der Waals surface area contributed by atoms with E-state index in [1.54, 1.807) is 0 Å². The van der Waals surface area contributed by atoms with E-state index in [9.17, 15) is 0 Å². The molecule has 2 aliphatic rings. The molecule has 2 heterocycles. The van der Waals surface area contributed by atoms with Crippen LogP contribution in [0.2, 0.25) is 0 Å². The van der Waals surface area contributed by atoms with Gasteiger partial charge in [-0.15, -0.1) is 24.0 Å². The summed E-state index contributed by atoms with van der Waals surface area (Å²) in [5.74, 6) is 0.550. The Kier molecular flexibility index (Phi) is 9.81. The number of likely N-dealkylation sites (tertiary alicyclic amines) is 1. The van der Waals surface area contributed by atoms with E-state index in [1.807, 2.05) is 0 Å². The number of nitrogens with two attached hydrogens (primary N) is 1. The fourth-order valence-electron chi connectivity index (χ4n) is 3.86. The molecule has 3 N–H and O–H groups in total. The van der Waals surface area contributed by atoms with Crippen LogP contribution in [0.4, 0.5) is 0 Å². The first-order chi connectivity index (χ1) is 12.8. The highest BCUT2D eigenvalue weighted by Crippen LogP contribution is 2.16. The molecule has 1 atom stereocenters. The van der Waals surface area contributed by atoms with Gasteiger partial charge in [-0.1, -0.05) is 31.2 Å². The van der Waals surface area contributed by atoms with E-state index in [-0.39, 0.29) is 24.0 Å². The first-order valence-corrected chi connectivity index (χ1v) is 9.91. The third-order valence-corrected chi connectivity index (χ3v) is 5.46. The summed E-state index contributed by atoms with van der Waals surface area (Å²) in [5.41, 5.74) is 8.70. The van der Waals surface area contributed by atoms with Crippen molar-refractivity contribution < 1.29 is 4.74 Å². The van der Waals surface area contributed by atoms with Crippen molar-refractivity contribution in [3.63, 3.8) is 0 Å². The lowest BCUT2D eigenvalue weighted by Crippen LogP contribution is -2.42. The van der Waals surface area contributed by atoms with Crippen LogP contribution in [0.25, 0.3) is 0 Å². The van der Waals surface area contributed by atoms with E-state index in [4.69, 9.17) is 10.5 Å². The number of morpholine rings is 1. The van der Waals surface area contributed by atoms with Gasteiger partial charge in [0.2, 0.25) is 0 Å². The minimum atomic E-state index is 0. The van der Waals surface area contributed by atoms with Crippen LogP contribution in [-0.4, -0.2) is 67.7 Å². The third-order valence-electron chi connectivity index (χ3n) is 5.46. The minimum absolute atomic E-state index is 0. The van der Waals surface area contributed by atoms with Crippen LogP contribution < -0.4 is 11.1 Å². The molecule has 0 spiro atoms. The van der Waals surface area contributed by atoms with Crippen LogP contribution in [0.5, 0.6) is 0 Å². The van der Waals surface area contributed by atoms with Crippen LogP contribution in [0, 0.1) is 0 Å². The molecule has 2 fully saturated rings. The van der Waals surface area contributed by atoms with Gasteiger partial charge in [0.1, 0.15) is 0 Å². The lowest BCUT2D eigenvalue weighted by molar-refractivity contribution is 0.0341. The van der Waals surface area contributed by atoms with Gasteiger partial charge in [0.05, 0.1) is 19.8 Å². The Balaban J connectivity index is 0.00000261. The summed E-state index contributed by atoms with van der Waals surface area (Å²) in [6.07, 6.45) is 2.53. The normalized spacial score (nSPS) is 21.8. The maximum Gasteiger partial charge on any atom is 0.188 e. The molecule has 2 saturated heterocycles. The van der Waals surface area contributed by atoms with E-state index >= 15 is 0 Å². The largest absolute Gasteiger partial charge is 0.379 e. The maximum absolute atomic E-state index is 6.11. The summed E-state index contributed by atoms with van der Waals surface area (Å²) >= 11 is 0. The quantitative estimate of drug-likeness (QED) is 0.350. The molecule has 0 aromatic heterocycles. The molecule has 3 rings (SSSR count). The van der Waals surface area contributed by atoms with Gasteiger partial charge in [0.15, 0.2) is 5.96 Å². The Morgan fingerprint density at radius 1 is 1.22 bits per heavy atom. The van der Waals surface area contributed by atoms with Gasteiger partial charge in [0, 0.05) is 32.2 Å². The zero-order valence-corrected chi connectivity index (χ0v) is 18.7. The lowest BCUT2D eigenvalue weighted by atomic mass is 10.1. The molecule has 27 heavy (non-hydrogen) atoms. The SMILES string of the molecule is CCN1CCCC1CNC(N)=NCc1ccccc1CN1CCOCC1.I. The van der Waals surface area contributed by atoms with Gasteiger partial charge < -0.3 is 15.8 Å².